The third-order valence-electron chi connectivity index (χ3n) is 5.89. The van der Waals surface area contributed by atoms with Gasteiger partial charge in [0.15, 0.2) is 0 Å². The van der Waals surface area contributed by atoms with Crippen LogP contribution in [0.15, 0.2) is 23.1 Å². The van der Waals surface area contributed by atoms with Gasteiger partial charge in [-0.2, -0.15) is 4.31 Å². The predicted octanol–water partition coefficient (Wildman–Crippen LogP) is 3.15. The lowest BCUT2D eigenvalue weighted by molar-refractivity contribution is -0.126. The zero-order chi connectivity index (χ0) is 18.7. The Morgan fingerprint density at radius 2 is 1.65 bits per heavy atom. The highest BCUT2D eigenvalue weighted by Gasteiger charge is 2.31. The zero-order valence-corrected chi connectivity index (χ0v) is 16.6. The molecule has 1 saturated carbocycles. The second-order valence-electron chi connectivity index (χ2n) is 7.77. The van der Waals surface area contributed by atoms with E-state index in [0.717, 1.165) is 36.8 Å². The van der Waals surface area contributed by atoms with E-state index in [9.17, 15) is 13.2 Å². The number of carbonyl (C=O) groups is 1. The van der Waals surface area contributed by atoms with Crippen molar-refractivity contribution in [3.8, 4) is 0 Å². The molecule has 0 unspecified atom stereocenters. The first-order valence-electron chi connectivity index (χ1n) is 9.75. The lowest BCUT2D eigenvalue weighted by Crippen LogP contribution is -2.48. The fourth-order valence-corrected chi connectivity index (χ4v) is 5.50. The minimum Gasteiger partial charge on any atom is -0.353 e. The molecule has 1 amide bonds. The molecule has 1 saturated heterocycles. The Morgan fingerprint density at radius 3 is 2.27 bits per heavy atom. The van der Waals surface area contributed by atoms with Crippen LogP contribution in [-0.4, -0.2) is 37.8 Å². The molecule has 2 fully saturated rings. The van der Waals surface area contributed by atoms with Gasteiger partial charge in [-0.15, -0.1) is 0 Å². The second kappa shape index (κ2) is 8.09. The number of nitrogens with zero attached hydrogens (tertiary/aromatic N) is 1. The van der Waals surface area contributed by atoms with Gasteiger partial charge in [-0.25, -0.2) is 8.42 Å². The van der Waals surface area contributed by atoms with Crippen LogP contribution >= 0.6 is 0 Å². The highest BCUT2D eigenvalue weighted by atomic mass is 32.2. The summed E-state index contributed by atoms with van der Waals surface area (Å²) in [5, 5.41) is 3.16. The smallest absolute Gasteiger partial charge is 0.243 e. The van der Waals surface area contributed by atoms with Gasteiger partial charge in [0.2, 0.25) is 15.9 Å². The topological polar surface area (TPSA) is 66.5 Å². The van der Waals surface area contributed by atoms with Gasteiger partial charge in [-0.3, -0.25) is 4.79 Å². The van der Waals surface area contributed by atoms with E-state index < -0.39 is 10.0 Å². The summed E-state index contributed by atoms with van der Waals surface area (Å²) < 4.78 is 27.3. The molecule has 0 radical (unpaired) electrons. The molecule has 3 rings (SSSR count). The van der Waals surface area contributed by atoms with Crippen molar-refractivity contribution in [3.63, 3.8) is 0 Å². The van der Waals surface area contributed by atoms with Crippen molar-refractivity contribution < 1.29 is 13.2 Å². The maximum absolute atomic E-state index is 12.9. The van der Waals surface area contributed by atoms with Crippen molar-refractivity contribution in [1.29, 1.82) is 0 Å². The monoisotopic (exact) mass is 378 g/mol. The molecule has 1 heterocycles. The fourth-order valence-electron chi connectivity index (χ4n) is 3.95. The zero-order valence-electron chi connectivity index (χ0n) is 15.8. The third-order valence-corrected chi connectivity index (χ3v) is 7.79. The van der Waals surface area contributed by atoms with E-state index in [1.807, 2.05) is 19.9 Å². The van der Waals surface area contributed by atoms with Crippen LogP contribution in [0.2, 0.25) is 0 Å². The molecule has 144 valence electrons. The number of benzene rings is 1. The normalized spacial score (nSPS) is 20.8. The minimum absolute atomic E-state index is 0.0932. The summed E-state index contributed by atoms with van der Waals surface area (Å²) in [5.41, 5.74) is 2.08. The Labute approximate surface area is 157 Å². The molecule has 0 atom stereocenters. The summed E-state index contributed by atoms with van der Waals surface area (Å²) in [5.74, 6) is 0.321. The molecule has 26 heavy (non-hydrogen) atoms. The number of hydrogen-bond acceptors (Lipinski definition) is 3. The minimum atomic E-state index is -3.45. The maximum atomic E-state index is 12.9. The Bertz CT molecular complexity index is 746. The van der Waals surface area contributed by atoms with E-state index in [2.05, 4.69) is 5.32 Å². The summed E-state index contributed by atoms with van der Waals surface area (Å²) in [6, 6.07) is 5.39. The fraction of sp³-hybridized carbons (Fsp3) is 0.650. The largest absolute Gasteiger partial charge is 0.353 e. The predicted molar refractivity (Wildman–Crippen MR) is 102 cm³/mol. The van der Waals surface area contributed by atoms with Crippen LogP contribution in [0.4, 0.5) is 0 Å². The quantitative estimate of drug-likeness (QED) is 0.875. The molecule has 1 aliphatic carbocycles. The van der Waals surface area contributed by atoms with Crippen LogP contribution in [-0.2, 0) is 14.8 Å². The van der Waals surface area contributed by atoms with E-state index in [4.69, 9.17) is 0 Å². The van der Waals surface area contributed by atoms with Gasteiger partial charge in [0.05, 0.1) is 4.90 Å². The lowest BCUT2D eigenvalue weighted by atomic mass is 9.88. The summed E-state index contributed by atoms with van der Waals surface area (Å²) in [7, 11) is -3.45. The van der Waals surface area contributed by atoms with Crippen molar-refractivity contribution >= 4 is 15.9 Å². The van der Waals surface area contributed by atoms with Gasteiger partial charge in [0, 0.05) is 25.0 Å². The van der Waals surface area contributed by atoms with Crippen molar-refractivity contribution in [1.82, 2.24) is 9.62 Å². The van der Waals surface area contributed by atoms with E-state index in [1.54, 1.807) is 16.4 Å². The highest BCUT2D eigenvalue weighted by Crippen LogP contribution is 2.25. The van der Waals surface area contributed by atoms with E-state index in [1.165, 1.54) is 6.42 Å². The molecule has 0 aromatic heterocycles. The van der Waals surface area contributed by atoms with Crippen molar-refractivity contribution in [3.05, 3.63) is 29.3 Å². The number of piperidine rings is 1. The van der Waals surface area contributed by atoms with Gasteiger partial charge in [0.25, 0.3) is 0 Å². The summed E-state index contributed by atoms with van der Waals surface area (Å²) >= 11 is 0. The lowest BCUT2D eigenvalue weighted by Gasteiger charge is -2.33. The third kappa shape index (κ3) is 4.29. The van der Waals surface area contributed by atoms with E-state index >= 15 is 0 Å². The van der Waals surface area contributed by atoms with Gasteiger partial charge < -0.3 is 5.32 Å². The Kier molecular flexibility index (Phi) is 6.03. The van der Waals surface area contributed by atoms with Crippen LogP contribution in [0.3, 0.4) is 0 Å². The number of nitrogens with one attached hydrogen (secondary N) is 1. The van der Waals surface area contributed by atoms with Crippen LogP contribution in [0.5, 0.6) is 0 Å². The van der Waals surface area contributed by atoms with E-state index in [0.29, 0.717) is 30.8 Å². The van der Waals surface area contributed by atoms with Crippen molar-refractivity contribution in [2.45, 2.75) is 69.7 Å². The molecule has 6 heteroatoms. The number of rotatable bonds is 4. The number of hydrogen-bond donors (Lipinski definition) is 1. The first kappa shape index (κ1) is 19.4. The number of amides is 1. The average Bonchev–Trinajstić information content (AvgIpc) is 2.65. The molecule has 2 aliphatic rings. The highest BCUT2D eigenvalue weighted by molar-refractivity contribution is 7.89. The number of aryl methyl sites for hydroxylation is 2. The molecule has 1 aliphatic heterocycles. The number of carbonyl (C=O) groups excluding carboxylic acids is 1. The average molecular weight is 379 g/mol. The van der Waals surface area contributed by atoms with E-state index in [-0.39, 0.29) is 17.9 Å². The Balaban J connectivity index is 1.57. The Hall–Kier alpha value is -1.40. The number of sulfonamides is 1. The first-order valence-corrected chi connectivity index (χ1v) is 11.2. The summed E-state index contributed by atoms with van der Waals surface area (Å²) in [4.78, 5) is 12.8. The second-order valence-corrected chi connectivity index (χ2v) is 9.71. The SMILES string of the molecule is Cc1ccc(S(=O)(=O)N2CCC(NC(=O)C3CCCCC3)CC2)cc1C. The molecule has 0 bridgehead atoms. The van der Waals surface area contributed by atoms with Gasteiger partial charge >= 0.3 is 0 Å². The molecule has 0 spiro atoms. The van der Waals surface area contributed by atoms with Gasteiger partial charge in [0.1, 0.15) is 0 Å². The van der Waals surface area contributed by atoms with Crippen LogP contribution < -0.4 is 5.32 Å². The Morgan fingerprint density at radius 1 is 1.00 bits per heavy atom. The van der Waals surface area contributed by atoms with Crippen LogP contribution in [0.25, 0.3) is 0 Å². The molecule has 1 aromatic rings. The molecule has 5 nitrogen and oxygen atoms in total. The molecule has 1 N–H and O–H groups in total. The maximum Gasteiger partial charge on any atom is 0.243 e. The van der Waals surface area contributed by atoms with Crippen LogP contribution in [0.1, 0.15) is 56.1 Å². The first-order chi connectivity index (χ1) is 12.4. The van der Waals surface area contributed by atoms with Gasteiger partial charge in [-0.1, -0.05) is 25.3 Å². The van der Waals surface area contributed by atoms with Crippen LogP contribution in [0, 0.1) is 19.8 Å². The molecular weight excluding hydrogens is 348 g/mol. The van der Waals surface area contributed by atoms with Gasteiger partial charge in [-0.05, 0) is 62.8 Å². The summed E-state index contributed by atoms with van der Waals surface area (Å²) in [6.07, 6.45) is 6.87. The molecular formula is C20H30N2O3S. The standard InChI is InChI=1S/C20H30N2O3S/c1-15-8-9-19(14-16(15)2)26(24,25)22-12-10-18(11-13-22)21-20(23)17-6-4-3-5-7-17/h8-9,14,17-18H,3-7,10-13H2,1-2H3,(H,21,23). The summed E-state index contributed by atoms with van der Waals surface area (Å²) in [6.45, 7) is 4.84. The van der Waals surface area contributed by atoms with Crippen molar-refractivity contribution in [2.75, 3.05) is 13.1 Å². The van der Waals surface area contributed by atoms with Crippen molar-refractivity contribution in [2.24, 2.45) is 5.92 Å². The molecule has 1 aromatic carbocycles.